The van der Waals surface area contributed by atoms with Crippen molar-refractivity contribution in [3.63, 3.8) is 0 Å². The monoisotopic (exact) mass is 341 g/mol. The Morgan fingerprint density at radius 3 is 2.60 bits per heavy atom. The lowest BCUT2D eigenvalue weighted by molar-refractivity contribution is 0.0924. The molecule has 0 aliphatic heterocycles. The van der Waals surface area contributed by atoms with Gasteiger partial charge >= 0.3 is 0 Å². The number of aromatic nitrogens is 2. The van der Waals surface area contributed by atoms with Crippen molar-refractivity contribution in [2.45, 2.75) is 38.8 Å². The number of aryl methyl sites for hydroxylation is 1. The van der Waals surface area contributed by atoms with Crippen molar-refractivity contribution >= 4 is 5.91 Å². The minimum absolute atomic E-state index is 0.0493. The Kier molecular flexibility index (Phi) is 5.16. The molecule has 1 aliphatic carbocycles. The highest BCUT2D eigenvalue weighted by atomic mass is 16.5. The summed E-state index contributed by atoms with van der Waals surface area (Å²) in [7, 11) is 1.63. The summed E-state index contributed by atoms with van der Waals surface area (Å²) in [5.74, 6) is 0.981. The fourth-order valence-corrected chi connectivity index (χ4v) is 2.87. The number of amides is 1. The predicted octanol–water partition coefficient (Wildman–Crippen LogP) is 2.54. The van der Waals surface area contributed by atoms with Crippen LogP contribution in [-0.2, 0) is 6.54 Å². The van der Waals surface area contributed by atoms with Gasteiger partial charge in [-0.3, -0.25) is 9.59 Å². The van der Waals surface area contributed by atoms with Gasteiger partial charge in [0, 0.05) is 12.6 Å². The third kappa shape index (κ3) is 4.07. The predicted molar refractivity (Wildman–Crippen MR) is 94.7 cm³/mol. The molecule has 6 heteroatoms. The van der Waals surface area contributed by atoms with Gasteiger partial charge in [0.05, 0.1) is 13.2 Å². The highest BCUT2D eigenvalue weighted by Crippen LogP contribution is 2.41. The van der Waals surface area contributed by atoms with Gasteiger partial charge < -0.3 is 10.1 Å². The topological polar surface area (TPSA) is 73.2 Å². The number of ether oxygens (including phenoxy) is 1. The summed E-state index contributed by atoms with van der Waals surface area (Å²) in [6.07, 6.45) is 2.98. The van der Waals surface area contributed by atoms with Crippen molar-refractivity contribution in [1.29, 1.82) is 0 Å². The summed E-state index contributed by atoms with van der Waals surface area (Å²) < 4.78 is 6.53. The summed E-state index contributed by atoms with van der Waals surface area (Å²) >= 11 is 0. The van der Waals surface area contributed by atoms with Crippen LogP contribution in [0.4, 0.5) is 0 Å². The molecule has 1 aliphatic rings. The quantitative estimate of drug-likeness (QED) is 0.840. The molecule has 1 heterocycles. The first-order valence-corrected chi connectivity index (χ1v) is 8.65. The number of nitrogens with one attached hydrogen (secondary N) is 1. The zero-order valence-electron chi connectivity index (χ0n) is 14.6. The lowest BCUT2D eigenvalue weighted by atomic mass is 10.0. The molecule has 2 aromatic rings. The summed E-state index contributed by atoms with van der Waals surface area (Å²) in [6.45, 7) is 2.47. The molecule has 6 nitrogen and oxygen atoms in total. The third-order valence-corrected chi connectivity index (χ3v) is 4.39. The van der Waals surface area contributed by atoms with Gasteiger partial charge in [-0.1, -0.05) is 19.1 Å². The van der Waals surface area contributed by atoms with E-state index in [0.717, 1.165) is 30.6 Å². The number of rotatable bonds is 7. The van der Waals surface area contributed by atoms with Crippen LogP contribution in [0, 0.1) is 5.92 Å². The van der Waals surface area contributed by atoms with E-state index < -0.39 is 0 Å². The Balaban J connectivity index is 1.79. The van der Waals surface area contributed by atoms with Crippen LogP contribution >= 0.6 is 0 Å². The van der Waals surface area contributed by atoms with Crippen LogP contribution < -0.4 is 15.6 Å². The minimum atomic E-state index is -0.252. The van der Waals surface area contributed by atoms with Gasteiger partial charge in [-0.15, -0.1) is 0 Å². The van der Waals surface area contributed by atoms with Crippen LogP contribution in [-0.4, -0.2) is 22.8 Å². The molecule has 1 aromatic heterocycles. The van der Waals surface area contributed by atoms with Crippen molar-refractivity contribution < 1.29 is 9.53 Å². The molecule has 0 spiro atoms. The molecule has 0 bridgehead atoms. The Morgan fingerprint density at radius 2 is 2.00 bits per heavy atom. The Labute approximate surface area is 146 Å². The Bertz CT molecular complexity index is 794. The van der Waals surface area contributed by atoms with E-state index in [-0.39, 0.29) is 23.2 Å². The summed E-state index contributed by atoms with van der Waals surface area (Å²) in [4.78, 5) is 24.4. The van der Waals surface area contributed by atoms with Crippen LogP contribution in [0.25, 0.3) is 0 Å². The van der Waals surface area contributed by atoms with Gasteiger partial charge in [-0.2, -0.15) is 5.10 Å². The molecule has 1 saturated carbocycles. The molecule has 1 amide bonds. The lowest BCUT2D eigenvalue weighted by Crippen LogP contribution is -2.33. The number of nitrogens with zero attached hydrogens (tertiary/aromatic N) is 2. The smallest absolute Gasteiger partial charge is 0.272 e. The lowest BCUT2D eigenvalue weighted by Gasteiger charge is -2.19. The van der Waals surface area contributed by atoms with E-state index >= 15 is 0 Å². The molecule has 1 N–H and O–H groups in total. The van der Waals surface area contributed by atoms with Crippen LogP contribution in [0.15, 0.2) is 41.2 Å². The van der Waals surface area contributed by atoms with E-state index in [4.69, 9.17) is 4.74 Å². The molecule has 0 unspecified atom stereocenters. The van der Waals surface area contributed by atoms with Gasteiger partial charge in [0.1, 0.15) is 11.4 Å². The summed E-state index contributed by atoms with van der Waals surface area (Å²) in [5, 5.41) is 7.27. The van der Waals surface area contributed by atoms with E-state index in [1.807, 2.05) is 31.2 Å². The number of carbonyl (C=O) groups excluding carboxylic acids is 1. The fourth-order valence-electron chi connectivity index (χ4n) is 2.87. The van der Waals surface area contributed by atoms with Crippen molar-refractivity contribution in [3.05, 3.63) is 58.0 Å². The molecule has 1 fully saturated rings. The average Bonchev–Trinajstić information content (AvgIpc) is 3.46. The van der Waals surface area contributed by atoms with E-state index in [1.165, 1.54) is 16.8 Å². The number of hydrogen-bond acceptors (Lipinski definition) is 4. The van der Waals surface area contributed by atoms with Crippen molar-refractivity contribution in [2.75, 3.05) is 7.11 Å². The van der Waals surface area contributed by atoms with E-state index in [0.29, 0.717) is 12.5 Å². The second kappa shape index (κ2) is 7.51. The van der Waals surface area contributed by atoms with Gasteiger partial charge in [0.2, 0.25) is 0 Å². The molecule has 3 rings (SSSR count). The third-order valence-electron chi connectivity index (χ3n) is 4.39. The number of methoxy groups -OCH3 is 1. The molecule has 132 valence electrons. The molecule has 1 aromatic carbocycles. The summed E-state index contributed by atoms with van der Waals surface area (Å²) in [5.41, 5.74) is 1.14. The normalized spacial score (nSPS) is 14.8. The maximum Gasteiger partial charge on any atom is 0.272 e. The van der Waals surface area contributed by atoms with Gasteiger partial charge in [0.15, 0.2) is 0 Å². The standard InChI is InChI=1S/C19H23N3O3/c1-3-12-22-17(23)11-10-16(21-22)19(24)20-18(13-4-5-13)14-6-8-15(25-2)9-7-14/h6-11,13,18H,3-5,12H2,1-2H3,(H,20,24)/t18-/m0/s1. The molecule has 0 radical (unpaired) electrons. The van der Waals surface area contributed by atoms with Crippen molar-refractivity contribution in [2.24, 2.45) is 5.92 Å². The van der Waals surface area contributed by atoms with E-state index in [9.17, 15) is 9.59 Å². The van der Waals surface area contributed by atoms with E-state index in [1.54, 1.807) is 7.11 Å². The summed E-state index contributed by atoms with van der Waals surface area (Å²) in [6, 6.07) is 10.6. The molecular weight excluding hydrogens is 318 g/mol. The van der Waals surface area contributed by atoms with Crippen molar-refractivity contribution in [3.8, 4) is 5.75 Å². The van der Waals surface area contributed by atoms with Gasteiger partial charge in [-0.05, 0) is 48.9 Å². The second-order valence-corrected chi connectivity index (χ2v) is 6.34. The molecule has 1 atom stereocenters. The number of benzene rings is 1. The van der Waals surface area contributed by atoms with E-state index in [2.05, 4.69) is 10.4 Å². The SMILES string of the molecule is CCCn1nc(C(=O)N[C@H](c2ccc(OC)cc2)C2CC2)ccc1=O. The Hall–Kier alpha value is -2.63. The highest BCUT2D eigenvalue weighted by Gasteiger charge is 2.33. The zero-order valence-corrected chi connectivity index (χ0v) is 14.6. The second-order valence-electron chi connectivity index (χ2n) is 6.34. The number of carbonyl (C=O) groups is 1. The number of hydrogen-bond donors (Lipinski definition) is 1. The average molecular weight is 341 g/mol. The Morgan fingerprint density at radius 1 is 1.28 bits per heavy atom. The molecule has 25 heavy (non-hydrogen) atoms. The maximum absolute atomic E-state index is 12.6. The highest BCUT2D eigenvalue weighted by molar-refractivity contribution is 5.92. The van der Waals surface area contributed by atoms with Gasteiger partial charge in [0.25, 0.3) is 11.5 Å². The minimum Gasteiger partial charge on any atom is -0.497 e. The van der Waals surface area contributed by atoms with Crippen LogP contribution in [0.3, 0.4) is 0 Å². The van der Waals surface area contributed by atoms with Gasteiger partial charge in [-0.25, -0.2) is 4.68 Å². The molecular formula is C19H23N3O3. The van der Waals surface area contributed by atoms with Crippen molar-refractivity contribution in [1.82, 2.24) is 15.1 Å². The first kappa shape index (κ1) is 17.2. The first-order valence-electron chi connectivity index (χ1n) is 8.65. The molecule has 0 saturated heterocycles. The van der Waals surface area contributed by atoms with Crippen LogP contribution in [0.5, 0.6) is 5.75 Å². The maximum atomic E-state index is 12.6. The largest absolute Gasteiger partial charge is 0.497 e. The zero-order chi connectivity index (χ0) is 17.8. The first-order chi connectivity index (χ1) is 12.1. The van der Waals surface area contributed by atoms with Crippen LogP contribution in [0.1, 0.15) is 48.3 Å². The van der Waals surface area contributed by atoms with Crippen LogP contribution in [0.2, 0.25) is 0 Å². The fraction of sp³-hybridized carbons (Fsp3) is 0.421.